The molecule has 19 heavy (non-hydrogen) atoms. The highest BCUT2D eigenvalue weighted by Crippen LogP contribution is 2.19. The standard InChI is InChI=1S/C16H16O2S/c17-13-14-7-9-16(10-8-14)19-12-4-11-18-15-5-2-1-3-6-15/h1-3,5-10,13H,4,11-12H2. The zero-order valence-corrected chi connectivity index (χ0v) is 11.4. The van der Waals surface area contributed by atoms with Crippen molar-refractivity contribution < 1.29 is 9.53 Å². The van der Waals surface area contributed by atoms with Crippen LogP contribution in [-0.2, 0) is 0 Å². The second-order valence-electron chi connectivity index (χ2n) is 4.05. The Morgan fingerprint density at radius 2 is 1.74 bits per heavy atom. The smallest absolute Gasteiger partial charge is 0.150 e. The molecule has 0 saturated carbocycles. The predicted molar refractivity (Wildman–Crippen MR) is 79.1 cm³/mol. The van der Waals surface area contributed by atoms with Crippen LogP contribution in [0.1, 0.15) is 16.8 Å². The van der Waals surface area contributed by atoms with Crippen molar-refractivity contribution in [1.29, 1.82) is 0 Å². The molecule has 0 atom stereocenters. The molecule has 0 N–H and O–H groups in total. The molecule has 0 fully saturated rings. The Kier molecular flexibility index (Phi) is 5.50. The van der Waals surface area contributed by atoms with Gasteiger partial charge in [-0.1, -0.05) is 30.3 Å². The number of hydrogen-bond acceptors (Lipinski definition) is 3. The van der Waals surface area contributed by atoms with E-state index >= 15 is 0 Å². The van der Waals surface area contributed by atoms with Crippen LogP contribution in [0.4, 0.5) is 0 Å². The van der Waals surface area contributed by atoms with Gasteiger partial charge in [-0.2, -0.15) is 0 Å². The van der Waals surface area contributed by atoms with E-state index in [2.05, 4.69) is 0 Å². The first-order chi connectivity index (χ1) is 9.38. The monoisotopic (exact) mass is 272 g/mol. The minimum Gasteiger partial charge on any atom is -0.494 e. The first-order valence-electron chi connectivity index (χ1n) is 6.24. The number of aldehydes is 1. The minimum absolute atomic E-state index is 0.719. The second kappa shape index (κ2) is 7.64. The number of rotatable bonds is 7. The van der Waals surface area contributed by atoms with E-state index in [0.29, 0.717) is 0 Å². The van der Waals surface area contributed by atoms with Crippen LogP contribution in [-0.4, -0.2) is 18.6 Å². The van der Waals surface area contributed by atoms with Gasteiger partial charge in [-0.15, -0.1) is 11.8 Å². The summed E-state index contributed by atoms with van der Waals surface area (Å²) in [5.41, 5.74) is 0.719. The topological polar surface area (TPSA) is 26.3 Å². The Morgan fingerprint density at radius 3 is 2.42 bits per heavy atom. The molecule has 0 radical (unpaired) electrons. The molecule has 2 aromatic carbocycles. The molecule has 0 bridgehead atoms. The largest absolute Gasteiger partial charge is 0.494 e. The van der Waals surface area contributed by atoms with Gasteiger partial charge in [0.05, 0.1) is 6.61 Å². The average Bonchev–Trinajstić information content (AvgIpc) is 2.49. The molecular weight excluding hydrogens is 256 g/mol. The normalized spacial score (nSPS) is 10.1. The van der Waals surface area contributed by atoms with Gasteiger partial charge < -0.3 is 4.74 Å². The summed E-state index contributed by atoms with van der Waals surface area (Å²) in [5.74, 6) is 1.93. The lowest BCUT2D eigenvalue weighted by Crippen LogP contribution is -1.98. The van der Waals surface area contributed by atoms with Crippen LogP contribution in [0.5, 0.6) is 5.75 Å². The number of carbonyl (C=O) groups is 1. The van der Waals surface area contributed by atoms with Crippen molar-refractivity contribution in [2.45, 2.75) is 11.3 Å². The van der Waals surface area contributed by atoms with E-state index in [1.165, 1.54) is 4.90 Å². The van der Waals surface area contributed by atoms with Gasteiger partial charge in [0.25, 0.3) is 0 Å². The quantitative estimate of drug-likeness (QED) is 0.432. The molecule has 0 aliphatic carbocycles. The summed E-state index contributed by atoms with van der Waals surface area (Å²) in [4.78, 5) is 11.7. The maximum absolute atomic E-state index is 10.5. The third kappa shape index (κ3) is 4.79. The zero-order chi connectivity index (χ0) is 13.3. The second-order valence-corrected chi connectivity index (χ2v) is 5.22. The molecule has 98 valence electrons. The molecule has 2 nitrogen and oxygen atoms in total. The van der Waals surface area contributed by atoms with E-state index in [4.69, 9.17) is 4.74 Å². The van der Waals surface area contributed by atoms with Gasteiger partial charge in [-0.3, -0.25) is 4.79 Å². The van der Waals surface area contributed by atoms with Crippen molar-refractivity contribution in [3.05, 3.63) is 60.2 Å². The molecule has 0 aliphatic heterocycles. The number of ether oxygens (including phenoxy) is 1. The Morgan fingerprint density at radius 1 is 1.00 bits per heavy atom. The van der Waals surface area contributed by atoms with Gasteiger partial charge >= 0.3 is 0 Å². The van der Waals surface area contributed by atoms with Crippen molar-refractivity contribution >= 4 is 18.0 Å². The molecule has 0 aromatic heterocycles. The van der Waals surface area contributed by atoms with E-state index in [9.17, 15) is 4.79 Å². The maximum Gasteiger partial charge on any atom is 0.150 e. The Hall–Kier alpha value is -1.74. The highest BCUT2D eigenvalue weighted by atomic mass is 32.2. The van der Waals surface area contributed by atoms with E-state index in [1.807, 2.05) is 54.6 Å². The molecule has 0 aliphatic rings. The lowest BCUT2D eigenvalue weighted by Gasteiger charge is -2.05. The Labute approximate surface area is 117 Å². The van der Waals surface area contributed by atoms with Gasteiger partial charge in [-0.25, -0.2) is 0 Å². The summed E-state index contributed by atoms with van der Waals surface area (Å²) >= 11 is 1.78. The van der Waals surface area contributed by atoms with Crippen LogP contribution >= 0.6 is 11.8 Å². The van der Waals surface area contributed by atoms with Crippen molar-refractivity contribution in [1.82, 2.24) is 0 Å². The molecule has 0 saturated heterocycles. The van der Waals surface area contributed by atoms with Crippen molar-refractivity contribution in [3.8, 4) is 5.75 Å². The molecule has 2 aromatic rings. The van der Waals surface area contributed by atoms with E-state index in [1.54, 1.807) is 11.8 Å². The van der Waals surface area contributed by atoms with Crippen molar-refractivity contribution in [2.75, 3.05) is 12.4 Å². The SMILES string of the molecule is O=Cc1ccc(SCCCOc2ccccc2)cc1. The lowest BCUT2D eigenvalue weighted by atomic mass is 10.2. The van der Waals surface area contributed by atoms with Gasteiger partial charge in [-0.05, 0) is 30.7 Å². The number of para-hydroxylation sites is 1. The third-order valence-electron chi connectivity index (χ3n) is 2.59. The molecule has 0 heterocycles. The number of hydrogen-bond donors (Lipinski definition) is 0. The third-order valence-corrected chi connectivity index (χ3v) is 3.68. The zero-order valence-electron chi connectivity index (χ0n) is 10.6. The summed E-state index contributed by atoms with van der Waals surface area (Å²) in [6.45, 7) is 0.726. The van der Waals surface area contributed by atoms with Crippen LogP contribution < -0.4 is 4.74 Å². The lowest BCUT2D eigenvalue weighted by molar-refractivity contribution is 0.112. The first kappa shape index (κ1) is 13.7. The fourth-order valence-electron chi connectivity index (χ4n) is 1.60. The summed E-state index contributed by atoms with van der Waals surface area (Å²) in [6, 6.07) is 17.5. The van der Waals surface area contributed by atoms with Gasteiger partial charge in [0.2, 0.25) is 0 Å². The van der Waals surface area contributed by atoms with Crippen LogP contribution in [0, 0.1) is 0 Å². The summed E-state index contributed by atoms with van der Waals surface area (Å²) in [7, 11) is 0. The molecule has 0 unspecified atom stereocenters. The molecule has 0 spiro atoms. The van der Waals surface area contributed by atoms with Crippen LogP contribution in [0.25, 0.3) is 0 Å². The van der Waals surface area contributed by atoms with Crippen LogP contribution in [0.2, 0.25) is 0 Å². The van der Waals surface area contributed by atoms with Gasteiger partial charge in [0, 0.05) is 16.2 Å². The highest BCUT2D eigenvalue weighted by molar-refractivity contribution is 7.99. The fourth-order valence-corrected chi connectivity index (χ4v) is 2.42. The van der Waals surface area contributed by atoms with Gasteiger partial charge in [0.1, 0.15) is 12.0 Å². The molecule has 3 heteroatoms. The number of carbonyl (C=O) groups excluding carboxylic acids is 1. The highest BCUT2D eigenvalue weighted by Gasteiger charge is 1.96. The number of benzene rings is 2. The maximum atomic E-state index is 10.5. The van der Waals surface area contributed by atoms with Crippen LogP contribution in [0.15, 0.2) is 59.5 Å². The number of thioether (sulfide) groups is 1. The average molecular weight is 272 g/mol. The summed E-state index contributed by atoms with van der Waals surface area (Å²) < 4.78 is 5.62. The van der Waals surface area contributed by atoms with E-state index < -0.39 is 0 Å². The predicted octanol–water partition coefficient (Wildman–Crippen LogP) is 4.06. The van der Waals surface area contributed by atoms with E-state index in [-0.39, 0.29) is 0 Å². The minimum atomic E-state index is 0.719. The van der Waals surface area contributed by atoms with Gasteiger partial charge in [0.15, 0.2) is 0 Å². The van der Waals surface area contributed by atoms with Crippen molar-refractivity contribution in [2.24, 2.45) is 0 Å². The van der Waals surface area contributed by atoms with E-state index in [0.717, 1.165) is 36.4 Å². The fraction of sp³-hybridized carbons (Fsp3) is 0.188. The molecule has 0 amide bonds. The Bertz CT molecular complexity index is 494. The molecular formula is C16H16O2S. The Balaban J connectivity index is 1.65. The molecule has 2 rings (SSSR count). The summed E-state index contributed by atoms with van der Waals surface area (Å²) in [6.07, 6.45) is 1.86. The summed E-state index contributed by atoms with van der Waals surface area (Å²) in [5, 5.41) is 0. The van der Waals surface area contributed by atoms with Crippen molar-refractivity contribution in [3.63, 3.8) is 0 Å². The first-order valence-corrected chi connectivity index (χ1v) is 7.23. The van der Waals surface area contributed by atoms with Crippen LogP contribution in [0.3, 0.4) is 0 Å².